The SMILES string of the molecule is O=c1[nH]c2ccccc2cc1CNC[C@@H]1CCN(C2CC2)C1. The Kier molecular flexibility index (Phi) is 3.72. The number of aromatic amines is 1. The van der Waals surface area contributed by atoms with Gasteiger partial charge in [-0.05, 0) is 55.8 Å². The van der Waals surface area contributed by atoms with Crippen molar-refractivity contribution < 1.29 is 0 Å². The zero-order valence-corrected chi connectivity index (χ0v) is 12.8. The number of aromatic nitrogens is 1. The van der Waals surface area contributed by atoms with Crippen molar-refractivity contribution in [1.29, 1.82) is 0 Å². The van der Waals surface area contributed by atoms with Gasteiger partial charge in [0.1, 0.15) is 0 Å². The number of benzene rings is 1. The van der Waals surface area contributed by atoms with Crippen molar-refractivity contribution in [3.05, 3.63) is 46.2 Å². The van der Waals surface area contributed by atoms with Crippen LogP contribution in [0, 0.1) is 5.92 Å². The van der Waals surface area contributed by atoms with Gasteiger partial charge in [0.05, 0.1) is 0 Å². The monoisotopic (exact) mass is 297 g/mol. The second-order valence-electron chi connectivity index (χ2n) is 6.72. The van der Waals surface area contributed by atoms with E-state index in [9.17, 15) is 4.79 Å². The molecule has 1 aromatic carbocycles. The Morgan fingerprint density at radius 1 is 1.23 bits per heavy atom. The fourth-order valence-electron chi connectivity index (χ4n) is 3.54. The molecule has 2 aliphatic rings. The summed E-state index contributed by atoms with van der Waals surface area (Å²) in [6, 6.07) is 10.8. The topological polar surface area (TPSA) is 48.1 Å². The van der Waals surface area contributed by atoms with Crippen LogP contribution in [0.25, 0.3) is 10.9 Å². The van der Waals surface area contributed by atoms with E-state index in [0.29, 0.717) is 6.54 Å². The van der Waals surface area contributed by atoms with Crippen molar-refractivity contribution in [2.45, 2.75) is 31.8 Å². The Hall–Kier alpha value is -1.65. The minimum atomic E-state index is 0.0252. The Morgan fingerprint density at radius 2 is 2.09 bits per heavy atom. The van der Waals surface area contributed by atoms with Crippen molar-refractivity contribution in [2.75, 3.05) is 19.6 Å². The normalized spacial score (nSPS) is 22.5. The first-order valence-electron chi connectivity index (χ1n) is 8.35. The van der Waals surface area contributed by atoms with Gasteiger partial charge >= 0.3 is 0 Å². The van der Waals surface area contributed by atoms with E-state index in [4.69, 9.17) is 0 Å². The van der Waals surface area contributed by atoms with Crippen LogP contribution < -0.4 is 10.9 Å². The second-order valence-corrected chi connectivity index (χ2v) is 6.72. The summed E-state index contributed by atoms with van der Waals surface area (Å²) < 4.78 is 0. The van der Waals surface area contributed by atoms with E-state index in [-0.39, 0.29) is 5.56 Å². The highest BCUT2D eigenvalue weighted by Gasteiger charge is 2.33. The van der Waals surface area contributed by atoms with Gasteiger partial charge in [-0.1, -0.05) is 18.2 Å². The smallest absolute Gasteiger partial charge is 0.252 e. The van der Waals surface area contributed by atoms with Crippen LogP contribution in [0.1, 0.15) is 24.8 Å². The molecule has 4 nitrogen and oxygen atoms in total. The first-order chi connectivity index (χ1) is 10.8. The predicted octanol–water partition coefficient (Wildman–Crippen LogP) is 2.10. The van der Waals surface area contributed by atoms with E-state index in [0.717, 1.165) is 35.0 Å². The number of hydrogen-bond acceptors (Lipinski definition) is 3. The molecular weight excluding hydrogens is 274 g/mol. The first-order valence-corrected chi connectivity index (χ1v) is 8.35. The third-order valence-corrected chi connectivity index (χ3v) is 4.96. The van der Waals surface area contributed by atoms with Crippen LogP contribution in [0.3, 0.4) is 0 Å². The van der Waals surface area contributed by atoms with E-state index in [1.165, 1.54) is 32.4 Å². The number of hydrogen-bond donors (Lipinski definition) is 2. The van der Waals surface area contributed by atoms with Gasteiger partial charge in [0.15, 0.2) is 0 Å². The molecule has 2 fully saturated rings. The molecule has 0 amide bonds. The highest BCUT2D eigenvalue weighted by molar-refractivity contribution is 5.78. The molecule has 0 spiro atoms. The Morgan fingerprint density at radius 3 is 2.95 bits per heavy atom. The molecule has 1 aliphatic heterocycles. The number of nitrogens with zero attached hydrogens (tertiary/aromatic N) is 1. The molecule has 4 heteroatoms. The van der Waals surface area contributed by atoms with Crippen LogP contribution in [0.2, 0.25) is 0 Å². The summed E-state index contributed by atoms with van der Waals surface area (Å²) in [5.41, 5.74) is 1.76. The first kappa shape index (κ1) is 14.0. The summed E-state index contributed by atoms with van der Waals surface area (Å²) in [4.78, 5) is 17.7. The fraction of sp³-hybridized carbons (Fsp3) is 0.500. The minimum Gasteiger partial charge on any atom is -0.322 e. The molecule has 1 saturated heterocycles. The number of rotatable bonds is 5. The van der Waals surface area contributed by atoms with Crippen LogP contribution in [0.5, 0.6) is 0 Å². The number of para-hydroxylation sites is 1. The van der Waals surface area contributed by atoms with Crippen LogP contribution in [-0.4, -0.2) is 35.6 Å². The lowest BCUT2D eigenvalue weighted by Gasteiger charge is -2.15. The lowest BCUT2D eigenvalue weighted by Crippen LogP contribution is -2.29. The number of H-pyrrole nitrogens is 1. The Balaban J connectivity index is 1.35. The van der Waals surface area contributed by atoms with Crippen LogP contribution in [-0.2, 0) is 6.54 Å². The average Bonchev–Trinajstić information content (AvgIpc) is 3.27. The molecular formula is C18H23N3O. The second kappa shape index (κ2) is 5.86. The zero-order valence-electron chi connectivity index (χ0n) is 12.8. The third-order valence-electron chi connectivity index (χ3n) is 4.96. The van der Waals surface area contributed by atoms with Gasteiger partial charge in [-0.3, -0.25) is 4.79 Å². The molecule has 2 aromatic rings. The maximum Gasteiger partial charge on any atom is 0.252 e. The summed E-state index contributed by atoms with van der Waals surface area (Å²) in [5, 5.41) is 4.58. The number of nitrogens with one attached hydrogen (secondary N) is 2. The van der Waals surface area contributed by atoms with Crippen LogP contribution in [0.4, 0.5) is 0 Å². The molecule has 1 aromatic heterocycles. The molecule has 2 N–H and O–H groups in total. The van der Waals surface area contributed by atoms with Gasteiger partial charge < -0.3 is 15.2 Å². The summed E-state index contributed by atoms with van der Waals surface area (Å²) in [7, 11) is 0. The number of fused-ring (bicyclic) bond motifs is 1. The van der Waals surface area contributed by atoms with E-state index < -0.39 is 0 Å². The summed E-state index contributed by atoms with van der Waals surface area (Å²) >= 11 is 0. The third kappa shape index (κ3) is 2.94. The Bertz CT molecular complexity index is 720. The van der Waals surface area contributed by atoms with Gasteiger partial charge in [-0.15, -0.1) is 0 Å². The summed E-state index contributed by atoms with van der Waals surface area (Å²) in [5.74, 6) is 0.736. The lowest BCUT2D eigenvalue weighted by atomic mass is 10.1. The van der Waals surface area contributed by atoms with Crippen molar-refractivity contribution in [3.63, 3.8) is 0 Å². The lowest BCUT2D eigenvalue weighted by molar-refractivity contribution is 0.312. The van der Waals surface area contributed by atoms with Gasteiger partial charge in [0, 0.05) is 30.2 Å². The molecule has 0 bridgehead atoms. The van der Waals surface area contributed by atoms with Gasteiger partial charge in [0.25, 0.3) is 5.56 Å². The van der Waals surface area contributed by atoms with E-state index in [2.05, 4.69) is 15.2 Å². The van der Waals surface area contributed by atoms with E-state index in [1.807, 2.05) is 30.3 Å². The molecule has 4 rings (SSSR count). The van der Waals surface area contributed by atoms with Gasteiger partial charge in [0.2, 0.25) is 0 Å². The maximum absolute atomic E-state index is 12.1. The van der Waals surface area contributed by atoms with Crippen molar-refractivity contribution in [1.82, 2.24) is 15.2 Å². The van der Waals surface area contributed by atoms with Crippen molar-refractivity contribution >= 4 is 10.9 Å². The van der Waals surface area contributed by atoms with Crippen molar-refractivity contribution in [3.8, 4) is 0 Å². The zero-order chi connectivity index (χ0) is 14.9. The number of pyridine rings is 1. The number of likely N-dealkylation sites (tertiary alicyclic amines) is 1. The van der Waals surface area contributed by atoms with Crippen LogP contribution in [0.15, 0.2) is 35.1 Å². The summed E-state index contributed by atoms with van der Waals surface area (Å²) in [6.45, 7) is 4.15. The van der Waals surface area contributed by atoms with E-state index >= 15 is 0 Å². The molecule has 1 aliphatic carbocycles. The van der Waals surface area contributed by atoms with Gasteiger partial charge in [-0.25, -0.2) is 0 Å². The standard InChI is InChI=1S/C18H23N3O/c22-18-15(9-14-3-1-2-4-17(14)20-18)11-19-10-13-7-8-21(12-13)16-5-6-16/h1-4,9,13,16,19H,5-8,10-12H2,(H,20,22)/t13-/m0/s1. The molecule has 22 heavy (non-hydrogen) atoms. The average molecular weight is 297 g/mol. The minimum absolute atomic E-state index is 0.0252. The quantitative estimate of drug-likeness (QED) is 0.888. The van der Waals surface area contributed by atoms with Crippen LogP contribution >= 0.6 is 0 Å². The highest BCUT2D eigenvalue weighted by atomic mass is 16.1. The molecule has 2 heterocycles. The highest BCUT2D eigenvalue weighted by Crippen LogP contribution is 2.31. The molecule has 1 saturated carbocycles. The molecule has 1 atom stereocenters. The predicted molar refractivity (Wildman–Crippen MR) is 89.0 cm³/mol. The fourth-order valence-corrected chi connectivity index (χ4v) is 3.54. The maximum atomic E-state index is 12.1. The van der Waals surface area contributed by atoms with E-state index in [1.54, 1.807) is 0 Å². The molecule has 0 unspecified atom stereocenters. The summed E-state index contributed by atoms with van der Waals surface area (Å²) in [6.07, 6.45) is 4.08. The van der Waals surface area contributed by atoms with Crippen molar-refractivity contribution in [2.24, 2.45) is 5.92 Å². The Labute approximate surface area is 130 Å². The van der Waals surface area contributed by atoms with Gasteiger partial charge in [-0.2, -0.15) is 0 Å². The molecule has 0 radical (unpaired) electrons. The molecule has 116 valence electrons. The largest absolute Gasteiger partial charge is 0.322 e.